The third-order valence-electron chi connectivity index (χ3n) is 10.4. The summed E-state index contributed by atoms with van der Waals surface area (Å²) >= 11 is 3.58. The molecule has 6 rings (SSSR count). The van der Waals surface area contributed by atoms with Gasteiger partial charge in [0.25, 0.3) is 0 Å². The van der Waals surface area contributed by atoms with E-state index in [2.05, 4.69) is 69.5 Å². The monoisotopic (exact) mass is 859 g/mol. The zero-order valence-electron chi connectivity index (χ0n) is 29.9. The van der Waals surface area contributed by atoms with Gasteiger partial charge in [0, 0.05) is 59.0 Å². The summed E-state index contributed by atoms with van der Waals surface area (Å²) in [5, 5.41) is 17.0. The van der Waals surface area contributed by atoms with E-state index < -0.39 is 0 Å². The van der Waals surface area contributed by atoms with Crippen LogP contribution in [0.3, 0.4) is 0 Å². The number of ketones is 1. The van der Waals surface area contributed by atoms with Crippen LogP contribution in [0, 0.1) is 23.8 Å². The number of rotatable bonds is 8. The molecule has 0 unspecified atom stereocenters. The minimum absolute atomic E-state index is 0. The van der Waals surface area contributed by atoms with Crippen molar-refractivity contribution in [1.82, 2.24) is 4.98 Å². The van der Waals surface area contributed by atoms with Crippen LogP contribution in [0.25, 0.3) is 52.5 Å². The minimum Gasteiger partial charge on any atom is -0.512 e. The number of pyridine rings is 1. The maximum Gasteiger partial charge on any atom is 0.164 e. The molecule has 0 atom stereocenters. The second kappa shape index (κ2) is 14.6. The van der Waals surface area contributed by atoms with Crippen LogP contribution in [0.15, 0.2) is 64.4 Å². The molecule has 4 nitrogen and oxygen atoms in total. The molecule has 2 aromatic carbocycles. The average molecular weight is 859 g/mol. The molecule has 48 heavy (non-hydrogen) atoms. The van der Waals surface area contributed by atoms with Crippen molar-refractivity contribution in [1.29, 1.82) is 0 Å². The molecule has 0 saturated heterocycles. The van der Waals surface area contributed by atoms with Crippen LogP contribution in [0.5, 0.6) is 0 Å². The van der Waals surface area contributed by atoms with Crippen molar-refractivity contribution < 1.29 is 34.4 Å². The summed E-state index contributed by atoms with van der Waals surface area (Å²) < 4.78 is 9.67. The molecule has 0 aliphatic rings. The Balaban J connectivity index is 0.000000251. The maximum atomic E-state index is 12.2. The largest absolute Gasteiger partial charge is 0.512 e. The number of aryl methyl sites for hydroxylation is 1. The van der Waals surface area contributed by atoms with E-state index in [0.29, 0.717) is 0 Å². The normalized spacial score (nSPS) is 12.8. The summed E-state index contributed by atoms with van der Waals surface area (Å²) in [6, 6.07) is 14.6. The Morgan fingerprint density at radius 1 is 0.938 bits per heavy atom. The van der Waals surface area contributed by atoms with Gasteiger partial charge >= 0.3 is 0 Å². The number of allylic oxidation sites excluding steroid dienone is 2. The van der Waals surface area contributed by atoms with Gasteiger partial charge in [-0.3, -0.25) is 9.78 Å². The Hall–Kier alpha value is -2.83. The fraction of sp³-hybridized carbons (Fsp3) is 0.415. The molecule has 1 radical (unpaired) electrons. The van der Waals surface area contributed by atoms with Gasteiger partial charge in [-0.1, -0.05) is 85.6 Å². The molecular formula is C41H48IrNO3S2-. The van der Waals surface area contributed by atoms with Gasteiger partial charge in [-0.15, -0.1) is 34.9 Å². The van der Waals surface area contributed by atoms with Crippen molar-refractivity contribution in [2.75, 3.05) is 0 Å². The molecule has 1 N–H and O–H groups in total. The average Bonchev–Trinajstić information content (AvgIpc) is 3.79. The molecular weight excluding hydrogens is 811 g/mol. The first-order valence-electron chi connectivity index (χ1n) is 16.8. The quantitative estimate of drug-likeness (QED) is 0.0941. The van der Waals surface area contributed by atoms with Gasteiger partial charge < -0.3 is 9.52 Å². The first-order chi connectivity index (χ1) is 22.2. The van der Waals surface area contributed by atoms with E-state index in [9.17, 15) is 9.90 Å². The standard InChI is InChI=1S/C26H20NOS2.C15H28O2.Ir/c1-14-13-28-23-17(14)5-6-18-21-20(30-25(18)23)7-9-27-22(21)16-11-15-8-10-29-24(15)19(12-16)26(2,3)4;1-7-14(5,8-2)12(16)11-13(17)15(6,9-3)10-4;/h5-10,12-13H,1-4H3;11,16H,7-10H2,1-6H3;/q-1;;/b;12-11-;. The Morgan fingerprint density at radius 2 is 1.58 bits per heavy atom. The van der Waals surface area contributed by atoms with Crippen molar-refractivity contribution in [2.45, 2.75) is 100 Å². The molecule has 0 amide bonds. The summed E-state index contributed by atoms with van der Waals surface area (Å²) in [4.78, 5) is 17.0. The van der Waals surface area contributed by atoms with Crippen LogP contribution in [0.2, 0.25) is 0 Å². The van der Waals surface area contributed by atoms with Gasteiger partial charge in [0.05, 0.1) is 11.0 Å². The predicted octanol–water partition coefficient (Wildman–Crippen LogP) is 13.1. The number of aliphatic hydroxyl groups is 1. The van der Waals surface area contributed by atoms with E-state index in [0.717, 1.165) is 42.5 Å². The van der Waals surface area contributed by atoms with Gasteiger partial charge in [0.1, 0.15) is 5.76 Å². The summed E-state index contributed by atoms with van der Waals surface area (Å²) in [6.07, 6.45) is 8.52. The number of aromatic nitrogens is 1. The number of carbonyl (C=O) groups excluding carboxylic acids is 1. The van der Waals surface area contributed by atoms with Gasteiger partial charge in [0.2, 0.25) is 0 Å². The first-order valence-corrected chi connectivity index (χ1v) is 18.5. The van der Waals surface area contributed by atoms with E-state index >= 15 is 0 Å². The fourth-order valence-corrected chi connectivity index (χ4v) is 8.24. The van der Waals surface area contributed by atoms with Gasteiger partial charge in [-0.2, -0.15) is 11.3 Å². The molecule has 4 heterocycles. The van der Waals surface area contributed by atoms with E-state index in [1.165, 1.54) is 52.8 Å². The van der Waals surface area contributed by atoms with Crippen LogP contribution >= 0.6 is 22.7 Å². The van der Waals surface area contributed by atoms with Gasteiger partial charge in [0.15, 0.2) is 11.4 Å². The molecule has 0 aliphatic carbocycles. The number of aliphatic hydroxyl groups excluding tert-OH is 1. The summed E-state index contributed by atoms with van der Waals surface area (Å²) in [5.74, 6) is 0.286. The first kappa shape index (κ1) is 38.0. The number of nitrogens with zero attached hydrogens (tertiary/aromatic N) is 1. The second-order valence-corrected chi connectivity index (χ2v) is 16.3. The summed E-state index contributed by atoms with van der Waals surface area (Å²) in [6.45, 7) is 21.0. The fourth-order valence-electron chi connectivity index (χ4n) is 5.98. The number of hydrogen-bond donors (Lipinski definition) is 1. The summed E-state index contributed by atoms with van der Waals surface area (Å²) in [5.41, 5.74) is 5.01. The van der Waals surface area contributed by atoms with E-state index in [-0.39, 0.29) is 47.9 Å². The molecule has 0 aliphatic heterocycles. The van der Waals surface area contributed by atoms with E-state index in [4.69, 9.17) is 9.40 Å². The number of fused-ring (bicyclic) bond motifs is 6. The van der Waals surface area contributed by atoms with Crippen molar-refractivity contribution in [2.24, 2.45) is 10.8 Å². The molecule has 0 saturated carbocycles. The number of hydrogen-bond acceptors (Lipinski definition) is 6. The SMILES string of the molecule is CCC(C)(CC)C(=O)/C=C(\O)C(C)(CC)CC.Cc1coc2c1ccc1c2sc2ccnc(-c3[c-]c4ccsc4c(C(C)(C)C)c3)c21.[Ir]. The van der Waals surface area contributed by atoms with Crippen molar-refractivity contribution in [3.05, 3.63) is 77.2 Å². The second-order valence-electron chi connectivity index (χ2n) is 14.3. The molecule has 7 heteroatoms. The zero-order valence-corrected chi connectivity index (χ0v) is 33.9. The van der Waals surface area contributed by atoms with Crippen molar-refractivity contribution in [3.63, 3.8) is 0 Å². The minimum atomic E-state index is -0.337. The number of benzene rings is 2. The Bertz CT molecular complexity index is 2100. The van der Waals surface area contributed by atoms with Crippen LogP contribution in [0.4, 0.5) is 0 Å². The van der Waals surface area contributed by atoms with Crippen LogP contribution in [-0.4, -0.2) is 15.9 Å². The molecule has 0 bridgehead atoms. The summed E-state index contributed by atoms with van der Waals surface area (Å²) in [7, 11) is 0. The van der Waals surface area contributed by atoms with Crippen LogP contribution < -0.4 is 0 Å². The Morgan fingerprint density at radius 3 is 2.21 bits per heavy atom. The Labute approximate surface area is 307 Å². The molecule has 0 fully saturated rings. The van der Waals surface area contributed by atoms with Crippen molar-refractivity contribution in [3.8, 4) is 11.3 Å². The van der Waals surface area contributed by atoms with Gasteiger partial charge in [-0.05, 0) is 70.5 Å². The van der Waals surface area contributed by atoms with E-state index in [1.54, 1.807) is 22.7 Å². The molecule has 4 aromatic heterocycles. The molecule has 257 valence electrons. The smallest absolute Gasteiger partial charge is 0.164 e. The third kappa shape index (κ3) is 6.94. The molecule has 6 aromatic rings. The number of furan rings is 1. The van der Waals surface area contributed by atoms with E-state index in [1.807, 2.05) is 54.0 Å². The topological polar surface area (TPSA) is 63.3 Å². The zero-order chi connectivity index (χ0) is 34.3. The van der Waals surface area contributed by atoms with Crippen molar-refractivity contribution >= 4 is 69.7 Å². The number of thiophene rings is 2. The van der Waals surface area contributed by atoms with Gasteiger partial charge in [-0.25, -0.2) is 0 Å². The third-order valence-corrected chi connectivity index (χ3v) is 12.5. The Kier molecular flexibility index (Phi) is 11.5. The van der Waals surface area contributed by atoms with Crippen LogP contribution in [-0.2, 0) is 30.3 Å². The maximum absolute atomic E-state index is 12.2. The number of carbonyl (C=O) groups is 1. The predicted molar refractivity (Wildman–Crippen MR) is 203 cm³/mol. The van der Waals surface area contributed by atoms with Crippen LogP contribution in [0.1, 0.15) is 99.1 Å². The molecule has 0 spiro atoms.